The first kappa shape index (κ1) is 13.6. The normalized spacial score (nSPS) is 21.6. The van der Waals surface area contributed by atoms with Crippen LogP contribution in [-0.2, 0) is 14.4 Å². The molecule has 0 radical (unpaired) electrons. The summed E-state index contributed by atoms with van der Waals surface area (Å²) >= 11 is 0. The number of carboxylic acid groups (broad SMARTS) is 1. The molecule has 0 aromatic heterocycles. The van der Waals surface area contributed by atoms with Gasteiger partial charge >= 0.3 is 5.97 Å². The maximum absolute atomic E-state index is 11.4. The molecule has 1 heterocycles. The minimum absolute atomic E-state index is 0.0445. The van der Waals surface area contributed by atoms with E-state index in [1.54, 1.807) is 11.9 Å². The molecule has 0 bridgehead atoms. The molecule has 1 fully saturated rings. The molecule has 1 saturated heterocycles. The van der Waals surface area contributed by atoms with Crippen LogP contribution in [0.1, 0.15) is 26.2 Å². The summed E-state index contributed by atoms with van der Waals surface area (Å²) in [5.74, 6) is -0.964. The summed E-state index contributed by atoms with van der Waals surface area (Å²) in [4.78, 5) is 34.7. The highest BCUT2D eigenvalue weighted by Crippen LogP contribution is 2.11. The van der Waals surface area contributed by atoms with E-state index in [-0.39, 0.29) is 30.6 Å². The van der Waals surface area contributed by atoms with Crippen molar-refractivity contribution in [2.24, 2.45) is 0 Å². The number of aliphatic carboxylic acids is 1. The van der Waals surface area contributed by atoms with Crippen molar-refractivity contribution in [3.63, 3.8) is 0 Å². The highest BCUT2D eigenvalue weighted by Gasteiger charge is 2.29. The van der Waals surface area contributed by atoms with Crippen LogP contribution in [0.25, 0.3) is 0 Å². The Morgan fingerprint density at radius 1 is 1.59 bits per heavy atom. The Kier molecular flexibility index (Phi) is 4.62. The standard InChI is InChI=1S/C11H18N2O4/c1-7(14)9(3-4-11(16)17)12-8-5-10(15)13(2)6-8/h8-9,12H,3-6H2,1-2H3,(H,16,17)/t8?,9-/m0/s1. The number of carboxylic acids is 1. The van der Waals surface area contributed by atoms with E-state index in [1.807, 2.05) is 0 Å². The Morgan fingerprint density at radius 2 is 2.24 bits per heavy atom. The van der Waals surface area contributed by atoms with Crippen LogP contribution < -0.4 is 5.32 Å². The van der Waals surface area contributed by atoms with E-state index in [0.717, 1.165) is 0 Å². The number of likely N-dealkylation sites (N-methyl/N-ethyl adjacent to an activating group) is 1. The molecule has 1 rings (SSSR count). The molecule has 1 aliphatic rings. The zero-order valence-corrected chi connectivity index (χ0v) is 10.1. The summed E-state index contributed by atoms with van der Waals surface area (Å²) in [6.07, 6.45) is 0.584. The third-order valence-corrected chi connectivity index (χ3v) is 2.92. The number of rotatable bonds is 6. The van der Waals surface area contributed by atoms with Gasteiger partial charge in [-0.25, -0.2) is 0 Å². The van der Waals surface area contributed by atoms with E-state index in [9.17, 15) is 14.4 Å². The summed E-state index contributed by atoms with van der Waals surface area (Å²) in [5.41, 5.74) is 0. The Hall–Kier alpha value is -1.43. The summed E-state index contributed by atoms with van der Waals surface area (Å²) in [6, 6.07) is -0.536. The van der Waals surface area contributed by atoms with E-state index in [2.05, 4.69) is 5.32 Å². The Balaban J connectivity index is 2.47. The van der Waals surface area contributed by atoms with Crippen molar-refractivity contribution in [2.45, 2.75) is 38.3 Å². The van der Waals surface area contributed by atoms with Crippen LogP contribution in [0.2, 0.25) is 0 Å². The van der Waals surface area contributed by atoms with Crippen molar-refractivity contribution >= 4 is 17.7 Å². The molecule has 0 aliphatic carbocycles. The smallest absolute Gasteiger partial charge is 0.303 e. The largest absolute Gasteiger partial charge is 0.481 e. The van der Waals surface area contributed by atoms with Crippen LogP contribution in [0.15, 0.2) is 0 Å². The predicted octanol–water partition coefficient (Wildman–Crippen LogP) is -0.371. The van der Waals surface area contributed by atoms with Gasteiger partial charge in [0.2, 0.25) is 5.91 Å². The third kappa shape index (κ3) is 4.14. The number of likely N-dealkylation sites (tertiary alicyclic amines) is 1. The van der Waals surface area contributed by atoms with Crippen molar-refractivity contribution in [1.82, 2.24) is 10.2 Å². The monoisotopic (exact) mass is 242 g/mol. The number of amides is 1. The molecular weight excluding hydrogens is 224 g/mol. The Morgan fingerprint density at radius 3 is 2.65 bits per heavy atom. The molecule has 0 saturated carbocycles. The Bertz CT molecular complexity index is 329. The van der Waals surface area contributed by atoms with Gasteiger partial charge in [-0.3, -0.25) is 14.4 Å². The topological polar surface area (TPSA) is 86.7 Å². The lowest BCUT2D eigenvalue weighted by Crippen LogP contribution is -2.43. The predicted molar refractivity (Wildman–Crippen MR) is 60.5 cm³/mol. The van der Waals surface area contributed by atoms with Crippen LogP contribution in [0, 0.1) is 0 Å². The second kappa shape index (κ2) is 5.77. The van der Waals surface area contributed by atoms with Gasteiger partial charge in [0.15, 0.2) is 0 Å². The number of hydrogen-bond acceptors (Lipinski definition) is 4. The lowest BCUT2D eigenvalue weighted by molar-refractivity contribution is -0.137. The molecule has 6 heteroatoms. The average Bonchev–Trinajstić information content (AvgIpc) is 2.52. The summed E-state index contributed by atoms with van der Waals surface area (Å²) in [7, 11) is 1.71. The van der Waals surface area contributed by atoms with Gasteiger partial charge in [0, 0.05) is 32.5 Å². The quantitative estimate of drug-likeness (QED) is 0.663. The fourth-order valence-electron chi connectivity index (χ4n) is 1.93. The summed E-state index contributed by atoms with van der Waals surface area (Å²) in [6.45, 7) is 2.00. The number of carbonyl (C=O) groups is 3. The lowest BCUT2D eigenvalue weighted by atomic mass is 10.1. The third-order valence-electron chi connectivity index (χ3n) is 2.92. The summed E-state index contributed by atoms with van der Waals surface area (Å²) in [5, 5.41) is 11.6. The van der Waals surface area contributed by atoms with E-state index >= 15 is 0 Å². The van der Waals surface area contributed by atoms with Crippen LogP contribution >= 0.6 is 0 Å². The molecule has 0 aromatic carbocycles. The van der Waals surface area contributed by atoms with Crippen LogP contribution in [0.5, 0.6) is 0 Å². The van der Waals surface area contributed by atoms with Gasteiger partial charge in [0.05, 0.1) is 6.04 Å². The van der Waals surface area contributed by atoms with Crippen LogP contribution in [0.4, 0.5) is 0 Å². The number of ketones is 1. The zero-order valence-electron chi connectivity index (χ0n) is 10.1. The van der Waals surface area contributed by atoms with E-state index in [1.165, 1.54) is 6.92 Å². The van der Waals surface area contributed by atoms with Crippen molar-refractivity contribution in [3.8, 4) is 0 Å². The fourth-order valence-corrected chi connectivity index (χ4v) is 1.93. The minimum Gasteiger partial charge on any atom is -0.481 e. The fraction of sp³-hybridized carbons (Fsp3) is 0.727. The lowest BCUT2D eigenvalue weighted by Gasteiger charge is -2.19. The van der Waals surface area contributed by atoms with Crippen molar-refractivity contribution < 1.29 is 19.5 Å². The highest BCUT2D eigenvalue weighted by atomic mass is 16.4. The SMILES string of the molecule is CC(=O)[C@H](CCC(=O)O)NC1CC(=O)N(C)C1. The average molecular weight is 242 g/mol. The minimum atomic E-state index is -0.919. The maximum atomic E-state index is 11.4. The van der Waals surface area contributed by atoms with Gasteiger partial charge in [-0.1, -0.05) is 0 Å². The Labute approximate surface area is 100.0 Å². The molecule has 1 aliphatic heterocycles. The second-order valence-corrected chi connectivity index (χ2v) is 4.44. The van der Waals surface area contributed by atoms with Crippen molar-refractivity contribution in [1.29, 1.82) is 0 Å². The van der Waals surface area contributed by atoms with Crippen LogP contribution in [-0.4, -0.2) is 53.3 Å². The molecule has 2 N–H and O–H groups in total. The van der Waals surface area contributed by atoms with Gasteiger partial charge in [0.1, 0.15) is 5.78 Å². The highest BCUT2D eigenvalue weighted by molar-refractivity contribution is 5.83. The molecule has 17 heavy (non-hydrogen) atoms. The van der Waals surface area contributed by atoms with E-state index in [0.29, 0.717) is 13.0 Å². The van der Waals surface area contributed by atoms with Crippen molar-refractivity contribution in [2.75, 3.05) is 13.6 Å². The van der Waals surface area contributed by atoms with E-state index < -0.39 is 12.0 Å². The second-order valence-electron chi connectivity index (χ2n) is 4.44. The maximum Gasteiger partial charge on any atom is 0.303 e. The van der Waals surface area contributed by atoms with Gasteiger partial charge in [-0.2, -0.15) is 0 Å². The van der Waals surface area contributed by atoms with Crippen LogP contribution in [0.3, 0.4) is 0 Å². The zero-order chi connectivity index (χ0) is 13.0. The number of nitrogens with one attached hydrogen (secondary N) is 1. The first-order chi connectivity index (χ1) is 7.90. The molecule has 0 aromatic rings. The first-order valence-corrected chi connectivity index (χ1v) is 5.62. The van der Waals surface area contributed by atoms with Gasteiger partial charge in [-0.05, 0) is 13.3 Å². The molecule has 0 spiro atoms. The number of hydrogen-bond donors (Lipinski definition) is 2. The molecular formula is C11H18N2O4. The van der Waals surface area contributed by atoms with E-state index in [4.69, 9.17) is 5.11 Å². The van der Waals surface area contributed by atoms with Crippen molar-refractivity contribution in [3.05, 3.63) is 0 Å². The molecule has 6 nitrogen and oxygen atoms in total. The van der Waals surface area contributed by atoms with Gasteiger partial charge < -0.3 is 15.3 Å². The molecule has 1 amide bonds. The van der Waals surface area contributed by atoms with Gasteiger partial charge in [-0.15, -0.1) is 0 Å². The summed E-state index contributed by atoms with van der Waals surface area (Å²) < 4.78 is 0. The number of nitrogens with zero attached hydrogens (tertiary/aromatic N) is 1. The number of Topliss-reactive ketones (excluding diaryl/α,β-unsaturated/α-hetero) is 1. The molecule has 96 valence electrons. The molecule has 1 unspecified atom stereocenters. The first-order valence-electron chi connectivity index (χ1n) is 5.62. The number of carbonyl (C=O) groups excluding carboxylic acids is 2. The molecule has 2 atom stereocenters. The van der Waals surface area contributed by atoms with Gasteiger partial charge in [0.25, 0.3) is 0 Å².